The van der Waals surface area contributed by atoms with E-state index in [0.29, 0.717) is 10.6 Å². The largest absolute Gasteiger partial charge is 0.494 e. The van der Waals surface area contributed by atoms with Gasteiger partial charge in [-0.3, -0.25) is 0 Å². The number of H-pyrrole nitrogens is 1. The van der Waals surface area contributed by atoms with E-state index in [1.807, 2.05) is 24.3 Å². The third kappa shape index (κ3) is 5.66. The maximum atomic E-state index is 5.76. The summed E-state index contributed by atoms with van der Waals surface area (Å²) in [6, 6.07) is 16.3. The average Bonchev–Trinajstić information content (AvgIpc) is 3.10. The van der Waals surface area contributed by atoms with Gasteiger partial charge >= 0.3 is 0 Å². The Morgan fingerprint density at radius 2 is 1.77 bits per heavy atom. The van der Waals surface area contributed by atoms with Crippen LogP contribution in [0.4, 0.5) is 0 Å². The minimum absolute atomic E-state index is 0.104. The summed E-state index contributed by atoms with van der Waals surface area (Å²) < 4.78 is 7.87. The molecule has 0 aliphatic rings. The van der Waals surface area contributed by atoms with Crippen LogP contribution in [-0.2, 0) is 5.41 Å². The molecule has 0 saturated carbocycles. The van der Waals surface area contributed by atoms with Gasteiger partial charge in [-0.2, -0.15) is 14.9 Å². The first-order valence-electron chi connectivity index (χ1n) is 10.4. The van der Waals surface area contributed by atoms with E-state index >= 15 is 0 Å². The molecule has 0 spiro atoms. The number of rotatable bonds is 8. The van der Waals surface area contributed by atoms with E-state index in [9.17, 15) is 0 Å². The average molecular weight is 423 g/mol. The second kappa shape index (κ2) is 9.85. The standard InChI is InChI=1S/C24H30N4OS/c1-5-6-7-16-29-21-14-8-18(9-15-21)17-25-28-22(26-27-23(28)30)19-10-12-20(13-11-19)24(2,3)4/h8-15,17H,5-7,16H2,1-4H3,(H,27,30). The summed E-state index contributed by atoms with van der Waals surface area (Å²) in [5.74, 6) is 1.57. The maximum Gasteiger partial charge on any atom is 0.216 e. The highest BCUT2D eigenvalue weighted by Crippen LogP contribution is 2.25. The van der Waals surface area contributed by atoms with Crippen LogP contribution >= 0.6 is 12.2 Å². The molecule has 3 rings (SSSR count). The van der Waals surface area contributed by atoms with E-state index < -0.39 is 0 Å². The lowest BCUT2D eigenvalue weighted by atomic mass is 9.87. The van der Waals surface area contributed by atoms with Crippen molar-refractivity contribution < 1.29 is 4.74 Å². The van der Waals surface area contributed by atoms with Gasteiger partial charge in [-0.25, -0.2) is 5.10 Å². The molecule has 158 valence electrons. The second-order valence-electron chi connectivity index (χ2n) is 8.36. The molecule has 1 aromatic heterocycles. The van der Waals surface area contributed by atoms with Gasteiger partial charge in [0.05, 0.1) is 12.8 Å². The summed E-state index contributed by atoms with van der Waals surface area (Å²) in [6.07, 6.45) is 5.24. The first-order valence-corrected chi connectivity index (χ1v) is 10.8. The number of ether oxygens (including phenoxy) is 1. The summed E-state index contributed by atoms with van der Waals surface area (Å²) in [7, 11) is 0. The van der Waals surface area contributed by atoms with E-state index in [4.69, 9.17) is 17.0 Å². The third-order valence-corrected chi connectivity index (χ3v) is 5.14. The highest BCUT2D eigenvalue weighted by Gasteiger charge is 2.14. The summed E-state index contributed by atoms with van der Waals surface area (Å²) in [5, 5.41) is 11.8. The number of benzene rings is 2. The number of hydrogen-bond donors (Lipinski definition) is 1. The Labute approximate surface area is 183 Å². The molecular formula is C24H30N4OS. The van der Waals surface area contributed by atoms with E-state index in [2.05, 4.69) is 67.3 Å². The second-order valence-corrected chi connectivity index (χ2v) is 8.75. The molecule has 0 unspecified atom stereocenters. The monoisotopic (exact) mass is 422 g/mol. The molecule has 1 heterocycles. The molecule has 0 saturated heterocycles. The predicted octanol–water partition coefficient (Wildman–Crippen LogP) is 6.36. The van der Waals surface area contributed by atoms with Crippen molar-refractivity contribution in [2.75, 3.05) is 6.61 Å². The lowest BCUT2D eigenvalue weighted by molar-refractivity contribution is 0.306. The zero-order valence-electron chi connectivity index (χ0n) is 18.2. The van der Waals surface area contributed by atoms with Crippen molar-refractivity contribution >= 4 is 18.4 Å². The van der Waals surface area contributed by atoms with Crippen LogP contribution in [0.3, 0.4) is 0 Å². The molecule has 0 amide bonds. The SMILES string of the molecule is CCCCCOc1ccc(C=Nn2c(-c3ccc(C(C)(C)C)cc3)n[nH]c2=S)cc1. The van der Waals surface area contributed by atoms with E-state index in [1.165, 1.54) is 18.4 Å². The fourth-order valence-corrected chi connectivity index (χ4v) is 3.20. The Bertz CT molecular complexity index is 1020. The molecule has 0 atom stereocenters. The molecule has 30 heavy (non-hydrogen) atoms. The maximum absolute atomic E-state index is 5.76. The van der Waals surface area contributed by atoms with Crippen molar-refractivity contribution in [1.29, 1.82) is 0 Å². The Hall–Kier alpha value is -2.73. The summed E-state index contributed by atoms with van der Waals surface area (Å²) >= 11 is 5.37. The van der Waals surface area contributed by atoms with Crippen LogP contribution in [0.1, 0.15) is 58.1 Å². The normalized spacial score (nSPS) is 11.9. The molecule has 0 aliphatic heterocycles. The van der Waals surface area contributed by atoms with Gasteiger partial charge in [0.15, 0.2) is 5.82 Å². The van der Waals surface area contributed by atoms with Crippen LogP contribution in [0.5, 0.6) is 5.75 Å². The molecule has 5 nitrogen and oxygen atoms in total. The molecule has 0 bridgehead atoms. The van der Waals surface area contributed by atoms with Crippen LogP contribution in [0.15, 0.2) is 53.6 Å². The highest BCUT2D eigenvalue weighted by molar-refractivity contribution is 7.71. The fourth-order valence-electron chi connectivity index (χ4n) is 3.02. The van der Waals surface area contributed by atoms with Gasteiger partial charge in [0.2, 0.25) is 4.77 Å². The van der Waals surface area contributed by atoms with E-state index in [0.717, 1.165) is 29.9 Å². The number of nitrogens with zero attached hydrogens (tertiary/aromatic N) is 3. The Morgan fingerprint density at radius 1 is 1.07 bits per heavy atom. The zero-order valence-corrected chi connectivity index (χ0v) is 19.0. The lowest BCUT2D eigenvalue weighted by Gasteiger charge is -2.18. The molecule has 2 aromatic carbocycles. The van der Waals surface area contributed by atoms with Crippen LogP contribution < -0.4 is 4.74 Å². The molecule has 0 fully saturated rings. The number of nitrogens with one attached hydrogen (secondary N) is 1. The Balaban J connectivity index is 1.74. The summed E-state index contributed by atoms with van der Waals surface area (Å²) in [5.41, 5.74) is 3.30. The number of unbranched alkanes of at least 4 members (excludes halogenated alkanes) is 2. The quantitative estimate of drug-likeness (QED) is 0.261. The van der Waals surface area contributed by atoms with Gasteiger partial charge in [-0.15, -0.1) is 0 Å². The van der Waals surface area contributed by atoms with Crippen molar-refractivity contribution in [1.82, 2.24) is 14.9 Å². The Kier molecular flexibility index (Phi) is 7.21. The van der Waals surface area contributed by atoms with Gasteiger partial charge < -0.3 is 4.74 Å². The molecular weight excluding hydrogens is 392 g/mol. The lowest BCUT2D eigenvalue weighted by Crippen LogP contribution is -2.10. The van der Waals surface area contributed by atoms with Crippen LogP contribution in [0.2, 0.25) is 0 Å². The van der Waals surface area contributed by atoms with Gasteiger partial charge in [0, 0.05) is 5.56 Å². The molecule has 0 aliphatic carbocycles. The first-order chi connectivity index (χ1) is 14.4. The van der Waals surface area contributed by atoms with Crippen molar-refractivity contribution in [2.24, 2.45) is 5.10 Å². The van der Waals surface area contributed by atoms with Crippen LogP contribution in [-0.4, -0.2) is 27.7 Å². The predicted molar refractivity (Wildman–Crippen MR) is 126 cm³/mol. The van der Waals surface area contributed by atoms with Crippen molar-refractivity contribution in [3.05, 3.63) is 64.4 Å². The number of aromatic nitrogens is 3. The minimum Gasteiger partial charge on any atom is -0.494 e. The van der Waals surface area contributed by atoms with Gasteiger partial charge in [-0.05, 0) is 59.4 Å². The fraction of sp³-hybridized carbons (Fsp3) is 0.375. The first kappa shape index (κ1) is 22.0. The van der Waals surface area contributed by atoms with Crippen molar-refractivity contribution in [3.8, 4) is 17.1 Å². The summed E-state index contributed by atoms with van der Waals surface area (Å²) in [6.45, 7) is 9.53. The van der Waals surface area contributed by atoms with Crippen LogP contribution in [0, 0.1) is 4.77 Å². The van der Waals surface area contributed by atoms with Crippen LogP contribution in [0.25, 0.3) is 11.4 Å². The molecule has 6 heteroatoms. The Morgan fingerprint density at radius 3 is 2.40 bits per heavy atom. The number of hydrogen-bond acceptors (Lipinski definition) is 4. The molecule has 3 aromatic rings. The number of aromatic amines is 1. The van der Waals surface area contributed by atoms with Gasteiger partial charge in [0.1, 0.15) is 5.75 Å². The third-order valence-electron chi connectivity index (χ3n) is 4.88. The smallest absolute Gasteiger partial charge is 0.216 e. The summed E-state index contributed by atoms with van der Waals surface area (Å²) in [4.78, 5) is 0. The highest BCUT2D eigenvalue weighted by atomic mass is 32.1. The van der Waals surface area contributed by atoms with Gasteiger partial charge in [0.25, 0.3) is 0 Å². The molecule has 1 N–H and O–H groups in total. The minimum atomic E-state index is 0.104. The van der Waals surface area contributed by atoms with E-state index in [1.54, 1.807) is 10.9 Å². The zero-order chi connectivity index (χ0) is 21.6. The van der Waals surface area contributed by atoms with E-state index in [-0.39, 0.29) is 5.41 Å². The topological polar surface area (TPSA) is 55.2 Å². The van der Waals surface area contributed by atoms with Crippen molar-refractivity contribution in [2.45, 2.75) is 52.4 Å². The molecule has 0 radical (unpaired) electrons. The van der Waals surface area contributed by atoms with Crippen molar-refractivity contribution in [3.63, 3.8) is 0 Å². The van der Waals surface area contributed by atoms with Gasteiger partial charge in [-0.1, -0.05) is 64.8 Å².